The molecule has 0 amide bonds. The molecule has 0 spiro atoms. The quantitative estimate of drug-likeness (QED) is 0.814. The number of rotatable bonds is 2. The van der Waals surface area contributed by atoms with Gasteiger partial charge >= 0.3 is 0 Å². The zero-order valence-electron chi connectivity index (χ0n) is 10.4. The molecule has 2 N–H and O–H groups in total. The van der Waals surface area contributed by atoms with E-state index in [-0.39, 0.29) is 0 Å². The lowest BCUT2D eigenvalue weighted by Gasteiger charge is -2.10. The van der Waals surface area contributed by atoms with Crippen molar-refractivity contribution < 1.29 is 4.74 Å². The van der Waals surface area contributed by atoms with Gasteiger partial charge in [-0.15, -0.1) is 0 Å². The summed E-state index contributed by atoms with van der Waals surface area (Å²) in [5.41, 5.74) is 9.11. The predicted octanol–water partition coefficient (Wildman–Crippen LogP) is 3.55. The number of aryl methyl sites for hydroxylation is 2. The molecule has 0 aliphatic rings. The second-order valence-corrected chi connectivity index (χ2v) is 4.29. The summed E-state index contributed by atoms with van der Waals surface area (Å²) in [4.78, 5) is 0. The third-order valence-electron chi connectivity index (χ3n) is 2.56. The number of anilines is 1. The molecule has 0 saturated heterocycles. The Bertz CT molecular complexity index is 607. The summed E-state index contributed by atoms with van der Waals surface area (Å²) in [5, 5.41) is 8.77. The highest BCUT2D eigenvalue weighted by molar-refractivity contribution is 5.58. The molecule has 3 heteroatoms. The lowest BCUT2D eigenvalue weighted by Crippen LogP contribution is -1.93. The van der Waals surface area contributed by atoms with E-state index in [1.165, 1.54) is 0 Å². The van der Waals surface area contributed by atoms with Crippen LogP contribution in [-0.4, -0.2) is 0 Å². The van der Waals surface area contributed by atoms with Crippen LogP contribution < -0.4 is 10.5 Å². The molecule has 0 aliphatic heterocycles. The molecule has 0 aromatic heterocycles. The molecule has 0 radical (unpaired) electrons. The first-order valence-corrected chi connectivity index (χ1v) is 5.64. The van der Waals surface area contributed by atoms with Crippen LogP contribution in [0.4, 0.5) is 5.69 Å². The minimum Gasteiger partial charge on any atom is -0.455 e. The molecule has 0 unspecified atom stereocenters. The van der Waals surface area contributed by atoms with Gasteiger partial charge in [-0.25, -0.2) is 0 Å². The molecular formula is C15H14N2O. The topological polar surface area (TPSA) is 59.0 Å². The highest BCUT2D eigenvalue weighted by Gasteiger charge is 2.04. The molecule has 3 nitrogen and oxygen atoms in total. The van der Waals surface area contributed by atoms with Crippen LogP contribution >= 0.6 is 0 Å². The summed E-state index contributed by atoms with van der Waals surface area (Å²) in [7, 11) is 0. The minimum absolute atomic E-state index is 0.466. The van der Waals surface area contributed by atoms with Crippen LogP contribution in [0.2, 0.25) is 0 Å². The lowest BCUT2D eigenvalue weighted by molar-refractivity contribution is 0.484. The van der Waals surface area contributed by atoms with Crippen LogP contribution in [0.25, 0.3) is 0 Å². The van der Waals surface area contributed by atoms with Gasteiger partial charge < -0.3 is 10.5 Å². The van der Waals surface area contributed by atoms with Crippen molar-refractivity contribution in [3.8, 4) is 17.6 Å². The van der Waals surface area contributed by atoms with Gasteiger partial charge in [-0.3, -0.25) is 0 Å². The van der Waals surface area contributed by atoms with Gasteiger partial charge in [0.1, 0.15) is 11.5 Å². The molecule has 0 fully saturated rings. The molecule has 0 saturated carbocycles. The first-order chi connectivity index (χ1) is 8.58. The van der Waals surface area contributed by atoms with Crippen LogP contribution in [-0.2, 0) is 0 Å². The number of benzene rings is 2. The highest BCUT2D eigenvalue weighted by atomic mass is 16.5. The largest absolute Gasteiger partial charge is 0.455 e. The zero-order valence-corrected chi connectivity index (χ0v) is 10.4. The van der Waals surface area contributed by atoms with Crippen molar-refractivity contribution in [2.24, 2.45) is 0 Å². The van der Waals surface area contributed by atoms with Gasteiger partial charge in [-0.1, -0.05) is 6.07 Å². The molecule has 2 rings (SSSR count). The molecular weight excluding hydrogens is 224 g/mol. The predicted molar refractivity (Wildman–Crippen MR) is 71.6 cm³/mol. The Morgan fingerprint density at radius 1 is 1.06 bits per heavy atom. The second kappa shape index (κ2) is 4.80. The number of hydrogen-bond acceptors (Lipinski definition) is 3. The smallest absolute Gasteiger partial charge is 0.150 e. The van der Waals surface area contributed by atoms with Crippen LogP contribution in [0, 0.1) is 25.2 Å². The molecule has 0 atom stereocenters. The Morgan fingerprint density at radius 3 is 2.28 bits per heavy atom. The van der Waals surface area contributed by atoms with Crippen LogP contribution in [0.15, 0.2) is 36.4 Å². The average molecular weight is 238 g/mol. The molecule has 18 heavy (non-hydrogen) atoms. The summed E-state index contributed by atoms with van der Waals surface area (Å²) in [6.07, 6.45) is 0. The van der Waals surface area contributed by atoms with Crippen LogP contribution in [0.1, 0.15) is 16.7 Å². The number of nitriles is 1. The van der Waals surface area contributed by atoms with Crippen molar-refractivity contribution in [2.75, 3.05) is 5.73 Å². The summed E-state index contributed by atoms with van der Waals surface area (Å²) in [6, 6.07) is 13.0. The van der Waals surface area contributed by atoms with Gasteiger partial charge in [-0.05, 0) is 55.3 Å². The highest BCUT2D eigenvalue weighted by Crippen LogP contribution is 2.29. The van der Waals surface area contributed by atoms with E-state index in [1.807, 2.05) is 32.0 Å². The van der Waals surface area contributed by atoms with Crippen molar-refractivity contribution in [3.63, 3.8) is 0 Å². The SMILES string of the molecule is Cc1cc(C)cc(Oc2ccc(C#N)cc2N)c1. The standard InChI is InChI=1S/C15H14N2O/c1-10-5-11(2)7-13(6-10)18-15-4-3-12(9-16)8-14(15)17/h3-8H,17H2,1-2H3. The fraction of sp³-hybridized carbons (Fsp3) is 0.133. The Balaban J connectivity index is 2.31. The molecule has 0 bridgehead atoms. The Hall–Kier alpha value is -2.47. The Labute approximate surface area is 106 Å². The van der Waals surface area contributed by atoms with Crippen molar-refractivity contribution >= 4 is 5.69 Å². The fourth-order valence-electron chi connectivity index (χ4n) is 1.83. The maximum absolute atomic E-state index is 8.77. The summed E-state index contributed by atoms with van der Waals surface area (Å²) >= 11 is 0. The monoisotopic (exact) mass is 238 g/mol. The van der Waals surface area contributed by atoms with Crippen LogP contribution in [0.5, 0.6) is 11.5 Å². The third-order valence-corrected chi connectivity index (χ3v) is 2.56. The second-order valence-electron chi connectivity index (χ2n) is 4.29. The average Bonchev–Trinajstić information content (AvgIpc) is 2.30. The maximum atomic E-state index is 8.77. The van der Waals surface area contributed by atoms with Gasteiger partial charge in [-0.2, -0.15) is 5.26 Å². The van der Waals surface area contributed by atoms with Crippen molar-refractivity contribution in [1.29, 1.82) is 5.26 Å². The zero-order chi connectivity index (χ0) is 13.1. The number of nitrogens with two attached hydrogens (primary N) is 1. The first-order valence-electron chi connectivity index (χ1n) is 5.64. The van der Waals surface area contributed by atoms with E-state index in [2.05, 4.69) is 6.07 Å². The number of ether oxygens (including phenoxy) is 1. The summed E-state index contributed by atoms with van der Waals surface area (Å²) < 4.78 is 5.74. The van der Waals surface area contributed by atoms with Gasteiger partial charge in [0.15, 0.2) is 0 Å². The first kappa shape index (κ1) is 12.0. The summed E-state index contributed by atoms with van der Waals surface area (Å²) in [6.45, 7) is 4.03. The van der Waals surface area contributed by atoms with Gasteiger partial charge in [0.05, 0.1) is 17.3 Å². The molecule has 2 aromatic rings. The van der Waals surface area contributed by atoms with Crippen molar-refractivity contribution in [2.45, 2.75) is 13.8 Å². The van der Waals surface area contributed by atoms with E-state index in [4.69, 9.17) is 15.7 Å². The van der Waals surface area contributed by atoms with Gasteiger partial charge in [0, 0.05) is 0 Å². The van der Waals surface area contributed by atoms with Crippen molar-refractivity contribution in [1.82, 2.24) is 0 Å². The van der Waals surface area contributed by atoms with E-state index in [0.29, 0.717) is 17.0 Å². The Kier molecular flexibility index (Phi) is 3.20. The molecule has 2 aromatic carbocycles. The van der Waals surface area contributed by atoms with Gasteiger partial charge in [0.25, 0.3) is 0 Å². The van der Waals surface area contributed by atoms with E-state index in [0.717, 1.165) is 16.9 Å². The van der Waals surface area contributed by atoms with Crippen LogP contribution in [0.3, 0.4) is 0 Å². The number of nitrogen functional groups attached to an aromatic ring is 1. The lowest BCUT2D eigenvalue weighted by atomic mass is 10.1. The normalized spacial score (nSPS) is 9.83. The van der Waals surface area contributed by atoms with Gasteiger partial charge in [0.2, 0.25) is 0 Å². The Morgan fingerprint density at radius 2 is 1.72 bits per heavy atom. The van der Waals surface area contributed by atoms with E-state index in [9.17, 15) is 0 Å². The number of hydrogen-bond donors (Lipinski definition) is 1. The van der Waals surface area contributed by atoms with E-state index >= 15 is 0 Å². The van der Waals surface area contributed by atoms with Crippen molar-refractivity contribution in [3.05, 3.63) is 53.1 Å². The summed E-state index contributed by atoms with van der Waals surface area (Å²) in [5.74, 6) is 1.32. The third kappa shape index (κ3) is 2.61. The molecule has 0 heterocycles. The van der Waals surface area contributed by atoms with E-state index < -0.39 is 0 Å². The number of nitrogens with zero attached hydrogens (tertiary/aromatic N) is 1. The maximum Gasteiger partial charge on any atom is 0.150 e. The molecule has 90 valence electrons. The fourth-order valence-corrected chi connectivity index (χ4v) is 1.83. The molecule has 0 aliphatic carbocycles. The minimum atomic E-state index is 0.466. The van der Waals surface area contributed by atoms with E-state index in [1.54, 1.807) is 18.2 Å².